The number of fused-ring (bicyclic) bond motifs is 7. The van der Waals surface area contributed by atoms with Crippen LogP contribution in [0.3, 0.4) is 0 Å². The maximum Gasteiger partial charge on any atom is 0.193 e. The lowest BCUT2D eigenvalue weighted by Crippen LogP contribution is -2.75. The van der Waals surface area contributed by atoms with Gasteiger partial charge in [0.2, 0.25) is 0 Å². The number of ketones is 2. The van der Waals surface area contributed by atoms with Crippen LogP contribution in [0.2, 0.25) is 0 Å². The topological polar surface area (TPSA) is 123 Å². The molecule has 10 atom stereocenters. The Bertz CT molecular complexity index is 1100. The lowest BCUT2D eigenvalue weighted by molar-refractivity contribution is -0.202. The summed E-state index contributed by atoms with van der Waals surface area (Å²) in [5.74, 6) is -0.436. The number of nitrogens with two attached hydrogens (primary N) is 2. The van der Waals surface area contributed by atoms with E-state index in [1.54, 1.807) is 19.3 Å². The summed E-state index contributed by atoms with van der Waals surface area (Å²) in [4.78, 5) is 26.7. The number of hydrogen-bond donors (Lipinski definition) is 2. The number of rotatable bonds is 7. The molecule has 0 aromatic rings. The summed E-state index contributed by atoms with van der Waals surface area (Å²) in [5.41, 5.74) is 12.7. The molecule has 8 heteroatoms. The van der Waals surface area contributed by atoms with Crippen molar-refractivity contribution in [3.63, 3.8) is 0 Å². The van der Waals surface area contributed by atoms with Crippen LogP contribution in [0.15, 0.2) is 36.0 Å². The molecule has 216 valence electrons. The van der Waals surface area contributed by atoms with Crippen LogP contribution in [-0.4, -0.2) is 67.6 Å². The van der Waals surface area contributed by atoms with Gasteiger partial charge in [-0.15, -0.1) is 0 Å². The van der Waals surface area contributed by atoms with E-state index in [1.165, 1.54) is 0 Å². The van der Waals surface area contributed by atoms with Crippen LogP contribution in [0.5, 0.6) is 0 Å². The minimum absolute atomic E-state index is 0.0289. The van der Waals surface area contributed by atoms with E-state index < -0.39 is 40.5 Å². The summed E-state index contributed by atoms with van der Waals surface area (Å²) in [5, 5.41) is 0. The van der Waals surface area contributed by atoms with Crippen LogP contribution in [0.1, 0.15) is 66.2 Å². The average molecular weight is 543 g/mol. The molecule has 0 aromatic carbocycles. The molecule has 0 aromatic heterocycles. The lowest BCUT2D eigenvalue weighted by atomic mass is 9.43. The molecule has 5 aliphatic rings. The Morgan fingerprint density at radius 2 is 2.03 bits per heavy atom. The van der Waals surface area contributed by atoms with E-state index in [0.29, 0.717) is 38.7 Å². The number of ether oxygens (including phenoxy) is 4. The van der Waals surface area contributed by atoms with E-state index in [9.17, 15) is 9.59 Å². The molecular weight excluding hydrogens is 496 g/mol. The van der Waals surface area contributed by atoms with Gasteiger partial charge in [-0.25, -0.2) is 0 Å². The molecule has 0 amide bonds. The van der Waals surface area contributed by atoms with Crippen molar-refractivity contribution in [2.45, 2.75) is 102 Å². The largest absolute Gasteiger partial charge is 0.379 e. The van der Waals surface area contributed by atoms with Crippen molar-refractivity contribution < 1.29 is 28.5 Å². The van der Waals surface area contributed by atoms with Crippen molar-refractivity contribution in [1.29, 1.82) is 0 Å². The minimum Gasteiger partial charge on any atom is -0.379 e. The number of methoxy groups -OCH3 is 1. The third-order valence-corrected chi connectivity index (χ3v) is 10.9. The van der Waals surface area contributed by atoms with E-state index in [-0.39, 0.29) is 36.1 Å². The van der Waals surface area contributed by atoms with E-state index in [4.69, 9.17) is 30.4 Å². The fourth-order valence-electron chi connectivity index (χ4n) is 9.00. The van der Waals surface area contributed by atoms with Crippen molar-refractivity contribution in [3.05, 3.63) is 36.0 Å². The highest BCUT2D eigenvalue weighted by molar-refractivity contribution is 6.01. The van der Waals surface area contributed by atoms with Gasteiger partial charge in [-0.1, -0.05) is 45.4 Å². The Kier molecular flexibility index (Phi) is 7.39. The predicted molar refractivity (Wildman–Crippen MR) is 148 cm³/mol. The van der Waals surface area contributed by atoms with Gasteiger partial charge in [0.05, 0.1) is 17.7 Å². The predicted octanol–water partition coefficient (Wildman–Crippen LogP) is 3.38. The molecule has 0 spiro atoms. The minimum atomic E-state index is -1.16. The normalized spacial score (nSPS) is 47.0. The highest BCUT2D eigenvalue weighted by Gasteiger charge is 2.78. The van der Waals surface area contributed by atoms with E-state index in [2.05, 4.69) is 27.4 Å². The molecule has 0 bridgehead atoms. The fraction of sp³-hybridized carbons (Fsp3) is 0.742. The number of hydrogen-bond acceptors (Lipinski definition) is 8. The highest BCUT2D eigenvalue weighted by atomic mass is 16.7. The Hall–Kier alpha value is -1.68. The molecule has 8 nitrogen and oxygen atoms in total. The molecule has 5 rings (SSSR count). The van der Waals surface area contributed by atoms with Crippen LogP contribution in [0.4, 0.5) is 0 Å². The number of carbonyl (C=O) groups is 2. The third kappa shape index (κ3) is 3.78. The van der Waals surface area contributed by atoms with E-state index in [1.807, 2.05) is 13.0 Å². The Balaban J connectivity index is 1.68. The Labute approximate surface area is 232 Å². The van der Waals surface area contributed by atoms with Crippen molar-refractivity contribution >= 4 is 11.6 Å². The number of Topliss-reactive ketones (excluding diaryl/α,β-unsaturated/α-hetero) is 1. The van der Waals surface area contributed by atoms with Gasteiger partial charge in [0.1, 0.15) is 6.61 Å². The van der Waals surface area contributed by atoms with Crippen molar-refractivity contribution in [2.24, 2.45) is 34.1 Å². The summed E-state index contributed by atoms with van der Waals surface area (Å²) in [6, 6.07) is -0.323. The first-order chi connectivity index (χ1) is 18.4. The van der Waals surface area contributed by atoms with Crippen molar-refractivity contribution in [2.75, 3.05) is 20.3 Å². The van der Waals surface area contributed by atoms with Gasteiger partial charge in [-0.3, -0.25) is 9.59 Å². The Morgan fingerprint density at radius 3 is 2.69 bits per heavy atom. The maximum absolute atomic E-state index is 14.1. The lowest BCUT2D eigenvalue weighted by Gasteiger charge is -2.65. The van der Waals surface area contributed by atoms with Crippen LogP contribution in [0, 0.1) is 22.7 Å². The molecule has 3 saturated carbocycles. The molecule has 4 aliphatic carbocycles. The molecule has 3 unspecified atom stereocenters. The maximum atomic E-state index is 14.1. The van der Waals surface area contributed by atoms with Gasteiger partial charge < -0.3 is 30.4 Å². The second kappa shape index (κ2) is 10.00. The number of allylic oxidation sites excluding steroid dienone is 2. The fourth-order valence-corrected chi connectivity index (χ4v) is 9.00. The molecule has 4 fully saturated rings. The molecule has 4 N–H and O–H groups in total. The van der Waals surface area contributed by atoms with Crippen molar-refractivity contribution in [3.8, 4) is 0 Å². The first-order valence-corrected chi connectivity index (χ1v) is 14.6. The third-order valence-electron chi connectivity index (χ3n) is 10.9. The van der Waals surface area contributed by atoms with Crippen LogP contribution < -0.4 is 11.5 Å². The molecular formula is C31H46N2O6. The summed E-state index contributed by atoms with van der Waals surface area (Å²) in [6.07, 6.45) is 7.93. The molecule has 1 aliphatic heterocycles. The highest BCUT2D eigenvalue weighted by Crippen LogP contribution is 2.70. The second-order valence-corrected chi connectivity index (χ2v) is 12.7. The molecule has 1 saturated heterocycles. The quantitative estimate of drug-likeness (QED) is 0.470. The van der Waals surface area contributed by atoms with Crippen LogP contribution in [0.25, 0.3) is 0 Å². The van der Waals surface area contributed by atoms with Gasteiger partial charge >= 0.3 is 0 Å². The molecule has 0 radical (unpaired) electrons. The Morgan fingerprint density at radius 1 is 1.28 bits per heavy atom. The van der Waals surface area contributed by atoms with Crippen LogP contribution in [-0.2, 0) is 28.5 Å². The van der Waals surface area contributed by atoms with E-state index in [0.717, 1.165) is 17.6 Å². The van der Waals surface area contributed by atoms with Crippen molar-refractivity contribution in [1.82, 2.24) is 0 Å². The zero-order chi connectivity index (χ0) is 28.4. The summed E-state index contributed by atoms with van der Waals surface area (Å²) in [7, 11) is 1.68. The van der Waals surface area contributed by atoms with Crippen LogP contribution >= 0.6 is 0 Å². The van der Waals surface area contributed by atoms with Gasteiger partial charge in [0.15, 0.2) is 23.5 Å². The van der Waals surface area contributed by atoms with E-state index >= 15 is 0 Å². The monoisotopic (exact) mass is 542 g/mol. The standard InChI is InChI=1S/C31H46N2O6/c1-7-9-26-38-24-15-21-27-18(3)10-11-22(32)20-14-19(34)12-13-28(20,4)30(27,33)25(36-6)16-29(21,5)31(24,39-26)23(35)17-37-8-2/h12-14,21-22,24-27H,3,7-11,15-17,32-33H2,1-2,4-6H3/t21?,22-,24+,25-,26?,27+,28?,29-,30+,31+/m0/s1. The smallest absolute Gasteiger partial charge is 0.193 e. The zero-order valence-electron chi connectivity index (χ0n) is 24.2. The van der Waals surface area contributed by atoms with Gasteiger partial charge in [-0.2, -0.15) is 0 Å². The first kappa shape index (κ1) is 28.8. The zero-order valence-corrected chi connectivity index (χ0v) is 24.2. The summed E-state index contributed by atoms with van der Waals surface area (Å²) < 4.78 is 25.2. The summed E-state index contributed by atoms with van der Waals surface area (Å²) in [6.45, 7) is 13.2. The molecule has 1 heterocycles. The van der Waals surface area contributed by atoms with Gasteiger partial charge in [-0.05, 0) is 62.7 Å². The average Bonchev–Trinajstić information content (AvgIpc) is 3.38. The first-order valence-electron chi connectivity index (χ1n) is 14.6. The SMILES string of the molecule is C=C1CC[C@H](N)C2=CC(=O)C=CC2(C)[C@@]2(N)[C@@H](OC)C[C@@]3(C)C(C[C@H]4OC(CCC)O[C@]43C(=O)COCC)[C@@H]12. The molecule has 39 heavy (non-hydrogen) atoms. The number of carbonyl (C=O) groups excluding carboxylic acids is 2. The second-order valence-electron chi connectivity index (χ2n) is 12.7. The van der Waals surface area contributed by atoms with Gasteiger partial charge in [0, 0.05) is 36.5 Å². The summed E-state index contributed by atoms with van der Waals surface area (Å²) >= 11 is 0. The van der Waals surface area contributed by atoms with Gasteiger partial charge in [0.25, 0.3) is 0 Å².